The maximum Gasteiger partial charge on any atom is 0.251 e. The summed E-state index contributed by atoms with van der Waals surface area (Å²) in [6.07, 6.45) is 3.63. The predicted molar refractivity (Wildman–Crippen MR) is 112 cm³/mol. The second-order valence-electron chi connectivity index (χ2n) is 7.00. The van der Waals surface area contributed by atoms with Crippen molar-refractivity contribution in [1.82, 2.24) is 15.3 Å². The van der Waals surface area contributed by atoms with Crippen LogP contribution in [0.2, 0.25) is 0 Å². The van der Waals surface area contributed by atoms with Gasteiger partial charge in [0.2, 0.25) is 5.91 Å². The Kier molecular flexibility index (Phi) is 5.20. The van der Waals surface area contributed by atoms with Crippen LogP contribution >= 0.6 is 0 Å². The number of benzene rings is 2. The average molecular weight is 387 g/mol. The first-order valence-electron chi connectivity index (χ1n) is 9.45. The van der Waals surface area contributed by atoms with Crippen molar-refractivity contribution in [3.8, 4) is 11.3 Å². The first-order chi connectivity index (χ1) is 14.1. The maximum absolute atomic E-state index is 12.1. The first-order valence-corrected chi connectivity index (χ1v) is 9.45. The Morgan fingerprint density at radius 3 is 2.28 bits per heavy atom. The van der Waals surface area contributed by atoms with Gasteiger partial charge in [-0.1, -0.05) is 12.1 Å². The van der Waals surface area contributed by atoms with Gasteiger partial charge in [0.05, 0.1) is 5.69 Å². The zero-order valence-electron chi connectivity index (χ0n) is 16.0. The zero-order chi connectivity index (χ0) is 20.2. The number of aromatic nitrogens is 2. The Balaban J connectivity index is 1.45. The fraction of sp³-hybridized carbons (Fsp3) is 0.182. The molecule has 0 bridgehead atoms. The van der Waals surface area contributed by atoms with Gasteiger partial charge in [0.15, 0.2) is 0 Å². The van der Waals surface area contributed by atoms with Crippen molar-refractivity contribution in [3.63, 3.8) is 0 Å². The molecule has 0 atom stereocenters. The minimum Gasteiger partial charge on any atom is -0.349 e. The highest BCUT2D eigenvalue weighted by molar-refractivity contribution is 5.95. The summed E-state index contributed by atoms with van der Waals surface area (Å²) >= 11 is 0. The van der Waals surface area contributed by atoms with E-state index in [0.29, 0.717) is 17.4 Å². The molecule has 2 amide bonds. The van der Waals surface area contributed by atoms with Gasteiger partial charge in [-0.15, -0.1) is 0 Å². The van der Waals surface area contributed by atoms with Gasteiger partial charge >= 0.3 is 0 Å². The van der Waals surface area contributed by atoms with Crippen molar-refractivity contribution in [3.05, 3.63) is 66.5 Å². The first kappa shape index (κ1) is 18.6. The van der Waals surface area contributed by atoms with E-state index in [4.69, 9.17) is 0 Å². The highest BCUT2D eigenvalue weighted by atomic mass is 16.2. The molecule has 0 spiro atoms. The summed E-state index contributed by atoms with van der Waals surface area (Å²) in [5.74, 6) is 0.506. The Morgan fingerprint density at radius 2 is 1.62 bits per heavy atom. The number of nitrogens with zero attached hydrogens (tertiary/aromatic N) is 2. The molecule has 0 saturated heterocycles. The number of carbonyl (C=O) groups is 2. The highest BCUT2D eigenvalue weighted by Gasteiger charge is 2.23. The van der Waals surface area contributed by atoms with E-state index >= 15 is 0 Å². The van der Waals surface area contributed by atoms with Crippen LogP contribution in [-0.2, 0) is 4.79 Å². The minimum atomic E-state index is -0.109. The molecule has 146 valence electrons. The third kappa shape index (κ3) is 4.95. The summed E-state index contributed by atoms with van der Waals surface area (Å²) in [7, 11) is 0. The number of carbonyl (C=O) groups excluding carboxylic acids is 2. The fourth-order valence-corrected chi connectivity index (χ4v) is 2.86. The van der Waals surface area contributed by atoms with Crippen molar-refractivity contribution in [2.24, 2.45) is 0 Å². The number of nitrogens with one attached hydrogen (secondary N) is 3. The quantitative estimate of drug-likeness (QED) is 0.599. The van der Waals surface area contributed by atoms with Crippen molar-refractivity contribution in [2.75, 3.05) is 10.6 Å². The molecule has 0 aliphatic heterocycles. The Morgan fingerprint density at radius 1 is 0.931 bits per heavy atom. The molecule has 4 rings (SSSR count). The lowest BCUT2D eigenvalue weighted by molar-refractivity contribution is -0.114. The van der Waals surface area contributed by atoms with Crippen LogP contribution in [0.25, 0.3) is 11.3 Å². The van der Waals surface area contributed by atoms with Crippen molar-refractivity contribution in [2.45, 2.75) is 25.8 Å². The van der Waals surface area contributed by atoms with E-state index in [9.17, 15) is 9.59 Å². The van der Waals surface area contributed by atoms with E-state index < -0.39 is 0 Å². The summed E-state index contributed by atoms with van der Waals surface area (Å²) in [6, 6.07) is 16.9. The number of hydrogen-bond acceptors (Lipinski definition) is 5. The molecule has 1 saturated carbocycles. The second-order valence-corrected chi connectivity index (χ2v) is 7.00. The van der Waals surface area contributed by atoms with Crippen LogP contribution in [0.15, 0.2) is 60.9 Å². The van der Waals surface area contributed by atoms with Gasteiger partial charge in [0, 0.05) is 41.5 Å². The molecule has 2 aromatic carbocycles. The Bertz CT molecular complexity index is 1030. The van der Waals surface area contributed by atoms with Crippen molar-refractivity contribution >= 4 is 29.0 Å². The van der Waals surface area contributed by atoms with Crippen LogP contribution in [0.4, 0.5) is 17.2 Å². The number of anilines is 3. The lowest BCUT2D eigenvalue weighted by Crippen LogP contribution is -2.25. The minimum absolute atomic E-state index is 0.0354. The third-order valence-corrected chi connectivity index (χ3v) is 4.50. The van der Waals surface area contributed by atoms with E-state index in [2.05, 4.69) is 25.9 Å². The summed E-state index contributed by atoms with van der Waals surface area (Å²) in [5.41, 5.74) is 3.88. The van der Waals surface area contributed by atoms with Gasteiger partial charge < -0.3 is 16.0 Å². The van der Waals surface area contributed by atoms with Crippen LogP contribution in [0, 0.1) is 0 Å². The molecule has 7 heteroatoms. The number of hydrogen-bond donors (Lipinski definition) is 3. The molecular formula is C22H21N5O2. The normalized spacial score (nSPS) is 12.9. The van der Waals surface area contributed by atoms with Crippen LogP contribution in [0.3, 0.4) is 0 Å². The molecule has 1 heterocycles. The monoisotopic (exact) mass is 387 g/mol. The predicted octanol–water partition coefficient (Wildman–Crippen LogP) is 3.74. The second kappa shape index (κ2) is 8.10. The van der Waals surface area contributed by atoms with Crippen LogP contribution in [-0.4, -0.2) is 27.8 Å². The van der Waals surface area contributed by atoms with Crippen molar-refractivity contribution in [1.29, 1.82) is 0 Å². The molecular weight excluding hydrogens is 366 g/mol. The van der Waals surface area contributed by atoms with Crippen LogP contribution in [0.1, 0.15) is 30.1 Å². The standard InChI is InChI=1S/C22H21N5O2/c1-14(28)25-17-6-8-18(9-7-17)26-21-12-20(23-13-24-21)15-2-4-16(5-3-15)22(29)27-19-10-11-19/h2-9,12-13,19H,10-11H2,1H3,(H,25,28)(H,27,29)(H,23,24,26). The van der Waals surface area contributed by atoms with E-state index in [1.54, 1.807) is 0 Å². The van der Waals surface area contributed by atoms with Gasteiger partial charge in [-0.05, 0) is 49.2 Å². The van der Waals surface area contributed by atoms with E-state index in [0.717, 1.165) is 35.5 Å². The summed E-state index contributed by atoms with van der Waals surface area (Å²) < 4.78 is 0. The molecule has 29 heavy (non-hydrogen) atoms. The molecule has 7 nitrogen and oxygen atoms in total. The highest BCUT2D eigenvalue weighted by Crippen LogP contribution is 2.23. The largest absolute Gasteiger partial charge is 0.349 e. The summed E-state index contributed by atoms with van der Waals surface area (Å²) in [5, 5.41) is 8.94. The lowest BCUT2D eigenvalue weighted by atomic mass is 10.1. The molecule has 1 fully saturated rings. The Hall–Kier alpha value is -3.74. The smallest absolute Gasteiger partial charge is 0.251 e. The fourth-order valence-electron chi connectivity index (χ4n) is 2.86. The summed E-state index contributed by atoms with van der Waals surface area (Å²) in [4.78, 5) is 31.8. The van der Waals surface area contributed by atoms with E-state index in [1.807, 2.05) is 54.6 Å². The van der Waals surface area contributed by atoms with Crippen LogP contribution in [0.5, 0.6) is 0 Å². The molecule has 1 aliphatic carbocycles. The van der Waals surface area contributed by atoms with Gasteiger partial charge in [-0.3, -0.25) is 9.59 Å². The molecule has 3 N–H and O–H groups in total. The van der Waals surface area contributed by atoms with Gasteiger partial charge in [-0.25, -0.2) is 9.97 Å². The third-order valence-electron chi connectivity index (χ3n) is 4.50. The topological polar surface area (TPSA) is 96.0 Å². The molecule has 1 aliphatic rings. The SMILES string of the molecule is CC(=O)Nc1ccc(Nc2cc(-c3ccc(C(=O)NC4CC4)cc3)ncn2)cc1. The van der Waals surface area contributed by atoms with E-state index in [1.165, 1.54) is 13.3 Å². The van der Waals surface area contributed by atoms with Crippen LogP contribution < -0.4 is 16.0 Å². The van der Waals surface area contributed by atoms with E-state index in [-0.39, 0.29) is 11.8 Å². The molecule has 3 aromatic rings. The number of rotatable bonds is 6. The maximum atomic E-state index is 12.1. The zero-order valence-corrected chi connectivity index (χ0v) is 16.0. The van der Waals surface area contributed by atoms with Gasteiger partial charge in [0.25, 0.3) is 5.91 Å². The molecule has 0 unspecified atom stereocenters. The Labute approximate surface area is 168 Å². The van der Waals surface area contributed by atoms with Gasteiger partial charge in [-0.2, -0.15) is 0 Å². The summed E-state index contributed by atoms with van der Waals surface area (Å²) in [6.45, 7) is 1.47. The van der Waals surface area contributed by atoms with Gasteiger partial charge in [0.1, 0.15) is 12.1 Å². The number of amides is 2. The molecule has 1 aromatic heterocycles. The van der Waals surface area contributed by atoms with Crippen molar-refractivity contribution < 1.29 is 9.59 Å². The molecule has 0 radical (unpaired) electrons. The average Bonchev–Trinajstić information content (AvgIpc) is 3.53. The lowest BCUT2D eigenvalue weighted by Gasteiger charge is -2.09.